The highest BCUT2D eigenvalue weighted by molar-refractivity contribution is 9.10. The van der Waals surface area contributed by atoms with Crippen LogP contribution >= 0.6 is 27.3 Å². The van der Waals surface area contributed by atoms with Crippen LogP contribution in [-0.2, 0) is 11.3 Å². The molecule has 0 bridgehead atoms. The molecule has 0 saturated carbocycles. The molecule has 0 spiro atoms. The summed E-state index contributed by atoms with van der Waals surface area (Å²) >= 11 is 4.77. The van der Waals surface area contributed by atoms with Gasteiger partial charge in [0.1, 0.15) is 5.76 Å². The first-order chi connectivity index (χ1) is 13.9. The normalized spacial score (nSPS) is 16.7. The number of ketones is 1. The third-order valence-electron chi connectivity index (χ3n) is 4.76. The molecule has 3 heterocycles. The van der Waals surface area contributed by atoms with E-state index in [9.17, 15) is 14.7 Å². The summed E-state index contributed by atoms with van der Waals surface area (Å²) in [6.45, 7) is 3.69. The van der Waals surface area contributed by atoms with Crippen molar-refractivity contribution in [2.24, 2.45) is 0 Å². The van der Waals surface area contributed by atoms with Crippen molar-refractivity contribution in [2.75, 3.05) is 0 Å². The van der Waals surface area contributed by atoms with Gasteiger partial charge in [-0.3, -0.25) is 9.59 Å². The predicted octanol–water partition coefficient (Wildman–Crippen LogP) is 4.89. The molecule has 0 fully saturated rings. The number of aryl methyl sites for hydroxylation is 2. The predicted molar refractivity (Wildman–Crippen MR) is 112 cm³/mol. The molecule has 1 amide bonds. The lowest BCUT2D eigenvalue weighted by molar-refractivity contribution is -0.130. The second-order valence-electron chi connectivity index (χ2n) is 6.68. The number of carbonyl (C=O) groups is 2. The SMILES string of the molecule is Cc1nc(C)c(C(=O)C2=C(O)C(=O)N(Cc3ccco3)C2c2ccccc2Br)s1. The van der Waals surface area contributed by atoms with Crippen LogP contribution in [0.25, 0.3) is 0 Å². The average molecular weight is 473 g/mol. The largest absolute Gasteiger partial charge is 0.503 e. The van der Waals surface area contributed by atoms with Crippen LogP contribution in [0.1, 0.15) is 37.7 Å². The summed E-state index contributed by atoms with van der Waals surface area (Å²) in [4.78, 5) is 32.6. The van der Waals surface area contributed by atoms with Crippen LogP contribution in [0, 0.1) is 13.8 Å². The fraction of sp³-hybridized carbons (Fsp3) is 0.190. The van der Waals surface area contributed by atoms with E-state index in [4.69, 9.17) is 4.42 Å². The first kappa shape index (κ1) is 19.6. The maximum atomic E-state index is 13.4. The fourth-order valence-electron chi connectivity index (χ4n) is 3.50. The van der Waals surface area contributed by atoms with Crippen LogP contribution in [-0.4, -0.2) is 26.7 Å². The summed E-state index contributed by atoms with van der Waals surface area (Å²) in [5.41, 5.74) is 1.35. The lowest BCUT2D eigenvalue weighted by atomic mass is 9.95. The minimum Gasteiger partial charge on any atom is -0.503 e. The number of aliphatic hydroxyl groups is 1. The van der Waals surface area contributed by atoms with E-state index in [1.807, 2.05) is 31.2 Å². The molecule has 1 aromatic carbocycles. The zero-order chi connectivity index (χ0) is 20.7. The number of rotatable bonds is 5. The van der Waals surface area contributed by atoms with Crippen LogP contribution < -0.4 is 0 Å². The number of furan rings is 1. The summed E-state index contributed by atoms with van der Waals surface area (Å²) in [5, 5.41) is 11.5. The fourth-order valence-corrected chi connectivity index (χ4v) is 4.88. The molecular formula is C21H17BrN2O4S. The van der Waals surface area contributed by atoms with Crippen molar-refractivity contribution in [1.29, 1.82) is 0 Å². The molecule has 3 aromatic rings. The quantitative estimate of drug-likeness (QED) is 0.534. The van der Waals surface area contributed by atoms with Gasteiger partial charge in [0.2, 0.25) is 5.78 Å². The van der Waals surface area contributed by atoms with Gasteiger partial charge in [-0.25, -0.2) is 4.98 Å². The van der Waals surface area contributed by atoms with Crippen molar-refractivity contribution in [1.82, 2.24) is 9.88 Å². The number of hydrogen-bond acceptors (Lipinski definition) is 6. The van der Waals surface area contributed by atoms with Crippen molar-refractivity contribution in [3.05, 3.63) is 85.4 Å². The van der Waals surface area contributed by atoms with Gasteiger partial charge in [-0.1, -0.05) is 34.1 Å². The number of aliphatic hydroxyl groups excluding tert-OH is 1. The minimum absolute atomic E-state index is 0.0557. The summed E-state index contributed by atoms with van der Waals surface area (Å²) in [7, 11) is 0. The Morgan fingerprint density at radius 2 is 2.03 bits per heavy atom. The summed E-state index contributed by atoms with van der Waals surface area (Å²) in [6, 6.07) is 10.1. The van der Waals surface area contributed by atoms with Gasteiger partial charge < -0.3 is 14.4 Å². The van der Waals surface area contributed by atoms with Gasteiger partial charge in [0.15, 0.2) is 5.76 Å². The summed E-state index contributed by atoms with van der Waals surface area (Å²) < 4.78 is 6.13. The Balaban J connectivity index is 1.85. The molecule has 0 saturated heterocycles. The maximum absolute atomic E-state index is 13.4. The molecule has 0 radical (unpaired) electrons. The second-order valence-corrected chi connectivity index (χ2v) is 8.73. The van der Waals surface area contributed by atoms with Crippen LogP contribution in [0.2, 0.25) is 0 Å². The number of nitrogens with zero attached hydrogens (tertiary/aromatic N) is 2. The number of aromatic nitrogens is 1. The van der Waals surface area contributed by atoms with E-state index in [1.165, 1.54) is 22.5 Å². The molecule has 1 aliphatic heterocycles. The standard InChI is InChI=1S/C21H17BrN2O4S/c1-11-20(29-12(2)23-11)18(25)16-17(14-7-3-4-8-15(14)22)24(21(27)19(16)26)10-13-6-5-9-28-13/h3-9,17,26H,10H2,1-2H3. The monoisotopic (exact) mass is 472 g/mol. The number of Topliss-reactive ketones (excluding diaryl/α,β-unsaturated/α-hetero) is 1. The van der Waals surface area contributed by atoms with Crippen LogP contribution in [0.3, 0.4) is 0 Å². The second kappa shape index (κ2) is 7.61. The first-order valence-corrected chi connectivity index (χ1v) is 10.5. The molecular weight excluding hydrogens is 456 g/mol. The molecule has 6 nitrogen and oxygen atoms in total. The smallest absolute Gasteiger partial charge is 0.290 e. The molecule has 4 rings (SSSR count). The third-order valence-corrected chi connectivity index (χ3v) is 6.56. The highest BCUT2D eigenvalue weighted by atomic mass is 79.9. The Morgan fingerprint density at radius 1 is 1.28 bits per heavy atom. The van der Waals surface area contributed by atoms with Crippen molar-refractivity contribution >= 4 is 39.0 Å². The van der Waals surface area contributed by atoms with E-state index in [0.717, 1.165) is 9.48 Å². The van der Waals surface area contributed by atoms with Gasteiger partial charge >= 0.3 is 0 Å². The highest BCUT2D eigenvalue weighted by Crippen LogP contribution is 2.43. The van der Waals surface area contributed by atoms with Crippen LogP contribution in [0.15, 0.2) is 62.9 Å². The van der Waals surface area contributed by atoms with Gasteiger partial charge in [-0.2, -0.15) is 0 Å². The Hall–Kier alpha value is -2.71. The van der Waals surface area contributed by atoms with E-state index in [-0.39, 0.29) is 17.9 Å². The lowest BCUT2D eigenvalue weighted by Crippen LogP contribution is -2.30. The van der Waals surface area contributed by atoms with Crippen molar-refractivity contribution in [2.45, 2.75) is 26.4 Å². The minimum atomic E-state index is -0.752. The van der Waals surface area contributed by atoms with Gasteiger partial charge in [-0.15, -0.1) is 11.3 Å². The Bertz CT molecular complexity index is 1130. The van der Waals surface area contributed by atoms with E-state index < -0.39 is 17.7 Å². The van der Waals surface area contributed by atoms with E-state index in [1.54, 1.807) is 19.1 Å². The number of hydrogen-bond donors (Lipinski definition) is 1. The van der Waals surface area contributed by atoms with Gasteiger partial charge in [0.25, 0.3) is 5.91 Å². The van der Waals surface area contributed by atoms with Crippen molar-refractivity contribution < 1.29 is 19.1 Å². The van der Waals surface area contributed by atoms with E-state index in [2.05, 4.69) is 20.9 Å². The van der Waals surface area contributed by atoms with Crippen LogP contribution in [0.5, 0.6) is 0 Å². The zero-order valence-electron chi connectivity index (χ0n) is 15.7. The van der Waals surface area contributed by atoms with Gasteiger partial charge in [-0.05, 0) is 37.6 Å². The molecule has 2 aromatic heterocycles. The topological polar surface area (TPSA) is 83.6 Å². The lowest BCUT2D eigenvalue weighted by Gasteiger charge is -2.26. The average Bonchev–Trinajstić information content (AvgIpc) is 3.37. The van der Waals surface area contributed by atoms with E-state index in [0.29, 0.717) is 21.9 Å². The molecule has 8 heteroatoms. The Morgan fingerprint density at radius 3 is 2.66 bits per heavy atom. The Kier molecular flexibility index (Phi) is 5.14. The van der Waals surface area contributed by atoms with Crippen molar-refractivity contribution in [3.8, 4) is 0 Å². The molecule has 1 atom stereocenters. The molecule has 1 N–H and O–H groups in total. The number of benzene rings is 1. The highest BCUT2D eigenvalue weighted by Gasteiger charge is 2.45. The van der Waals surface area contributed by atoms with Gasteiger partial charge in [0, 0.05) is 4.47 Å². The number of amides is 1. The number of thiazole rings is 1. The summed E-state index contributed by atoms with van der Waals surface area (Å²) in [5.74, 6) is -0.972. The van der Waals surface area contributed by atoms with Gasteiger partial charge in [0.05, 0.1) is 40.0 Å². The third kappa shape index (κ3) is 3.42. The Labute approximate surface area is 179 Å². The number of carbonyl (C=O) groups excluding carboxylic acids is 2. The molecule has 148 valence electrons. The number of halogens is 1. The molecule has 29 heavy (non-hydrogen) atoms. The van der Waals surface area contributed by atoms with Crippen molar-refractivity contribution in [3.63, 3.8) is 0 Å². The summed E-state index contributed by atoms with van der Waals surface area (Å²) in [6.07, 6.45) is 1.52. The molecule has 0 aliphatic carbocycles. The maximum Gasteiger partial charge on any atom is 0.290 e. The van der Waals surface area contributed by atoms with E-state index >= 15 is 0 Å². The molecule has 1 aliphatic rings. The zero-order valence-corrected chi connectivity index (χ0v) is 18.1. The molecule has 1 unspecified atom stereocenters. The first-order valence-electron chi connectivity index (χ1n) is 8.88. The van der Waals surface area contributed by atoms with Crippen LogP contribution in [0.4, 0.5) is 0 Å².